The van der Waals surface area contributed by atoms with Crippen LogP contribution in [0.3, 0.4) is 0 Å². The molecule has 1 aliphatic heterocycles. The minimum Gasteiger partial charge on any atom is -0.499 e. The van der Waals surface area contributed by atoms with E-state index in [1.54, 1.807) is 0 Å². The second kappa shape index (κ2) is 4.84. The Bertz CT molecular complexity index is 531. The third-order valence-electron chi connectivity index (χ3n) is 2.35. The molecule has 102 valence electrons. The summed E-state index contributed by atoms with van der Waals surface area (Å²) in [6, 6.07) is 2.35. The molecule has 1 atom stereocenters. The second-order valence-electron chi connectivity index (χ2n) is 3.59. The summed E-state index contributed by atoms with van der Waals surface area (Å²) < 4.78 is 10.4. The van der Waals surface area contributed by atoms with Crippen LogP contribution in [0.4, 0.5) is 5.69 Å². The Morgan fingerprint density at radius 1 is 1.42 bits per heavy atom. The number of benzene rings is 1. The third-order valence-corrected chi connectivity index (χ3v) is 2.35. The molecule has 0 aliphatic carbocycles. The molecule has 1 aromatic rings. The van der Waals surface area contributed by atoms with E-state index in [-0.39, 0.29) is 18.1 Å². The van der Waals surface area contributed by atoms with Crippen LogP contribution in [-0.2, 0) is 4.84 Å². The summed E-state index contributed by atoms with van der Waals surface area (Å²) in [6.45, 7) is -0.438. The number of phenols is 1. The van der Waals surface area contributed by atoms with Crippen LogP contribution in [0.25, 0.3) is 0 Å². The van der Waals surface area contributed by atoms with Gasteiger partial charge >= 0.3 is 5.69 Å². The highest BCUT2D eigenvalue weighted by molar-refractivity contribution is 5.62. The first-order chi connectivity index (χ1) is 8.99. The molecule has 10 nitrogen and oxygen atoms in total. The van der Waals surface area contributed by atoms with Gasteiger partial charge in [-0.05, 0) is 6.07 Å². The smallest absolute Gasteiger partial charge is 0.314 e. The number of nitro groups is 1. The molecule has 19 heavy (non-hydrogen) atoms. The molecule has 2 rings (SSSR count). The first-order valence-corrected chi connectivity index (χ1v) is 5.06. The van der Waals surface area contributed by atoms with E-state index < -0.39 is 34.2 Å². The molecule has 0 amide bonds. The maximum absolute atomic E-state index is 10.6. The van der Waals surface area contributed by atoms with Crippen LogP contribution in [0.1, 0.15) is 0 Å². The van der Waals surface area contributed by atoms with Crippen LogP contribution >= 0.6 is 0 Å². The van der Waals surface area contributed by atoms with Crippen LogP contribution < -0.4 is 9.47 Å². The van der Waals surface area contributed by atoms with E-state index in [2.05, 4.69) is 4.84 Å². The Morgan fingerprint density at radius 2 is 2.16 bits per heavy atom. The van der Waals surface area contributed by atoms with Gasteiger partial charge in [-0.25, -0.2) is 0 Å². The van der Waals surface area contributed by atoms with Gasteiger partial charge in [-0.15, -0.1) is 10.1 Å². The number of hydrogen-bond acceptors (Lipinski definition) is 8. The van der Waals surface area contributed by atoms with Gasteiger partial charge < -0.3 is 19.4 Å². The minimum atomic E-state index is -0.994. The van der Waals surface area contributed by atoms with E-state index in [0.717, 1.165) is 6.07 Å². The van der Waals surface area contributed by atoms with Gasteiger partial charge in [-0.3, -0.25) is 10.1 Å². The van der Waals surface area contributed by atoms with Crippen molar-refractivity contribution in [2.45, 2.75) is 6.10 Å². The van der Waals surface area contributed by atoms with Gasteiger partial charge in [0.2, 0.25) is 11.5 Å². The Balaban J connectivity index is 2.20. The normalized spacial score (nSPS) is 16.7. The lowest BCUT2D eigenvalue weighted by molar-refractivity contribution is -0.759. The number of nitro benzene ring substituents is 1. The molecule has 0 radical (unpaired) electrons. The van der Waals surface area contributed by atoms with E-state index >= 15 is 0 Å². The Kier molecular flexibility index (Phi) is 3.23. The highest BCUT2D eigenvalue weighted by Gasteiger charge is 2.29. The average molecular weight is 272 g/mol. The highest BCUT2D eigenvalue weighted by atomic mass is 17.0. The molecule has 1 unspecified atom stereocenters. The van der Waals surface area contributed by atoms with Gasteiger partial charge in [0.05, 0.1) is 4.92 Å². The lowest BCUT2D eigenvalue weighted by atomic mass is 10.2. The van der Waals surface area contributed by atoms with Gasteiger partial charge in [0.25, 0.3) is 5.09 Å². The Morgan fingerprint density at radius 3 is 2.79 bits per heavy atom. The number of aromatic hydroxyl groups is 1. The van der Waals surface area contributed by atoms with Crippen molar-refractivity contribution in [3.63, 3.8) is 0 Å². The number of fused-ring (bicyclic) bond motifs is 1. The lowest BCUT2D eigenvalue weighted by Gasteiger charge is -2.25. The Labute approximate surface area is 105 Å². The number of rotatable bonds is 4. The van der Waals surface area contributed by atoms with Crippen molar-refractivity contribution in [1.82, 2.24) is 0 Å². The summed E-state index contributed by atoms with van der Waals surface area (Å²) in [5, 5.41) is 29.4. The van der Waals surface area contributed by atoms with Crippen molar-refractivity contribution in [3.8, 4) is 17.2 Å². The molecule has 1 aromatic carbocycles. The Hall–Kier alpha value is -2.78. The standard InChI is InChI=1S/C9H8N2O8/c12-8-6(10(13)14)1-2-7-9(8)19-5(3-17-7)4-18-11(15)16/h1-2,5,12H,3-4H2. The van der Waals surface area contributed by atoms with Crippen molar-refractivity contribution in [3.05, 3.63) is 32.4 Å². The fourth-order valence-corrected chi connectivity index (χ4v) is 1.53. The average Bonchev–Trinajstić information content (AvgIpc) is 2.36. The maximum atomic E-state index is 10.6. The third kappa shape index (κ3) is 2.56. The van der Waals surface area contributed by atoms with E-state index in [0.29, 0.717) is 0 Å². The fraction of sp³-hybridized carbons (Fsp3) is 0.333. The highest BCUT2D eigenvalue weighted by Crippen LogP contribution is 2.45. The monoisotopic (exact) mass is 272 g/mol. The number of hydrogen-bond donors (Lipinski definition) is 1. The van der Waals surface area contributed by atoms with Crippen LogP contribution in [0.5, 0.6) is 17.2 Å². The molecule has 1 N–H and O–H groups in total. The van der Waals surface area contributed by atoms with Crippen molar-refractivity contribution in [2.75, 3.05) is 13.2 Å². The minimum absolute atomic E-state index is 0.0297. The summed E-state index contributed by atoms with van der Waals surface area (Å²) in [6.07, 6.45) is -0.842. The molecule has 0 bridgehead atoms. The predicted octanol–water partition coefficient (Wildman–Crippen LogP) is 0.648. The van der Waals surface area contributed by atoms with Crippen LogP contribution in [0.2, 0.25) is 0 Å². The zero-order chi connectivity index (χ0) is 14.0. The SMILES string of the molecule is O=[N+]([O-])OCC1COc2ccc([N+](=O)[O-])c(O)c2O1. The van der Waals surface area contributed by atoms with Crippen molar-refractivity contribution >= 4 is 5.69 Å². The molecule has 10 heteroatoms. The van der Waals surface area contributed by atoms with E-state index in [4.69, 9.17) is 9.47 Å². The van der Waals surface area contributed by atoms with Gasteiger partial charge in [0.1, 0.15) is 13.2 Å². The molecule has 1 aliphatic rings. The van der Waals surface area contributed by atoms with Crippen LogP contribution in [0, 0.1) is 20.2 Å². The zero-order valence-corrected chi connectivity index (χ0v) is 9.35. The molecule has 0 saturated carbocycles. The summed E-state index contributed by atoms with van der Waals surface area (Å²) in [7, 11) is 0. The van der Waals surface area contributed by atoms with E-state index in [1.165, 1.54) is 6.07 Å². The molecule has 0 fully saturated rings. The lowest BCUT2D eigenvalue weighted by Crippen LogP contribution is -2.34. The largest absolute Gasteiger partial charge is 0.499 e. The molecule has 0 saturated heterocycles. The van der Waals surface area contributed by atoms with Crippen molar-refractivity contribution < 1.29 is 29.4 Å². The fourth-order valence-electron chi connectivity index (χ4n) is 1.53. The second-order valence-corrected chi connectivity index (χ2v) is 3.59. The van der Waals surface area contributed by atoms with Gasteiger partial charge in [0.15, 0.2) is 11.9 Å². The molecular weight excluding hydrogens is 264 g/mol. The van der Waals surface area contributed by atoms with Gasteiger partial charge in [0, 0.05) is 6.07 Å². The maximum Gasteiger partial charge on any atom is 0.314 e. The first kappa shape index (κ1) is 12.7. The van der Waals surface area contributed by atoms with Crippen molar-refractivity contribution in [2.24, 2.45) is 0 Å². The summed E-state index contributed by atoms with van der Waals surface area (Å²) in [5.41, 5.74) is -0.543. The van der Waals surface area contributed by atoms with E-state index in [1.807, 2.05) is 0 Å². The molecule has 0 spiro atoms. The first-order valence-electron chi connectivity index (χ1n) is 5.06. The molecule has 1 heterocycles. The van der Waals surface area contributed by atoms with Crippen LogP contribution in [-0.4, -0.2) is 34.4 Å². The number of ether oxygens (including phenoxy) is 2. The van der Waals surface area contributed by atoms with Crippen LogP contribution in [0.15, 0.2) is 12.1 Å². The predicted molar refractivity (Wildman–Crippen MR) is 57.6 cm³/mol. The summed E-state index contributed by atoms with van der Waals surface area (Å²) in [5.74, 6) is -0.786. The van der Waals surface area contributed by atoms with E-state index in [9.17, 15) is 25.3 Å². The summed E-state index contributed by atoms with van der Waals surface area (Å²) >= 11 is 0. The zero-order valence-electron chi connectivity index (χ0n) is 9.35. The molecule has 0 aromatic heterocycles. The van der Waals surface area contributed by atoms with Crippen molar-refractivity contribution in [1.29, 1.82) is 0 Å². The summed E-state index contributed by atoms with van der Waals surface area (Å²) in [4.78, 5) is 24.0. The quantitative estimate of drug-likeness (QED) is 0.623. The number of phenolic OH excluding ortho intramolecular Hbond substituents is 1. The van der Waals surface area contributed by atoms with Gasteiger partial charge in [-0.2, -0.15) is 0 Å². The van der Waals surface area contributed by atoms with Gasteiger partial charge in [-0.1, -0.05) is 0 Å². The number of nitrogens with zero attached hydrogens (tertiary/aromatic N) is 2. The topological polar surface area (TPSA) is 134 Å². The molecular formula is C9H8N2O8.